The third-order valence-corrected chi connectivity index (χ3v) is 5.99. The SMILES string of the molecule is CN(C)CCOc1cncc(-c2cnc(N)c(C(=N)c3cc4c(-c5cccc(F)c5)cncc4[nH]3)c2)c1. The van der Waals surface area contributed by atoms with Gasteiger partial charge in [0.15, 0.2) is 0 Å². The average molecular weight is 496 g/mol. The number of halogens is 1. The van der Waals surface area contributed by atoms with Crippen LogP contribution < -0.4 is 10.5 Å². The molecule has 0 aliphatic carbocycles. The average Bonchev–Trinajstić information content (AvgIpc) is 3.33. The van der Waals surface area contributed by atoms with E-state index in [-0.39, 0.29) is 17.3 Å². The number of rotatable bonds is 8. The molecule has 5 rings (SSSR count). The first-order valence-corrected chi connectivity index (χ1v) is 11.7. The summed E-state index contributed by atoms with van der Waals surface area (Å²) in [4.78, 5) is 18.2. The zero-order chi connectivity index (χ0) is 25.9. The lowest BCUT2D eigenvalue weighted by molar-refractivity contribution is 0.261. The van der Waals surface area contributed by atoms with Crippen LogP contribution in [0.2, 0.25) is 0 Å². The Balaban J connectivity index is 1.47. The number of benzene rings is 1. The summed E-state index contributed by atoms with van der Waals surface area (Å²) in [5.74, 6) is 0.568. The number of hydrogen-bond acceptors (Lipinski definition) is 7. The van der Waals surface area contributed by atoms with E-state index in [0.717, 1.165) is 34.1 Å². The van der Waals surface area contributed by atoms with Gasteiger partial charge in [-0.1, -0.05) is 12.1 Å². The van der Waals surface area contributed by atoms with Gasteiger partial charge in [0.2, 0.25) is 0 Å². The van der Waals surface area contributed by atoms with Gasteiger partial charge in [-0.3, -0.25) is 15.4 Å². The Morgan fingerprint density at radius 3 is 2.62 bits per heavy atom. The minimum Gasteiger partial charge on any atom is -0.491 e. The molecule has 9 heteroatoms. The third kappa shape index (κ3) is 5.17. The van der Waals surface area contributed by atoms with Crippen LogP contribution in [0.3, 0.4) is 0 Å². The molecule has 8 nitrogen and oxygen atoms in total. The number of likely N-dealkylation sites (N-methyl/N-ethyl adjacent to an activating group) is 1. The molecule has 37 heavy (non-hydrogen) atoms. The lowest BCUT2D eigenvalue weighted by Crippen LogP contribution is -2.19. The molecule has 0 atom stereocenters. The standard InChI is InChI=1S/C28H26FN7O/c1-36(2)6-7-37-21-9-18(12-32-14-21)19-10-23(28(31)34-13-19)27(30)25-11-22-24(15-33-16-26(22)35-25)17-4-3-5-20(29)8-17/h3-5,8-16,30,35H,6-7H2,1-2H3,(H2,31,34). The van der Waals surface area contributed by atoms with Gasteiger partial charge in [-0.2, -0.15) is 0 Å². The van der Waals surface area contributed by atoms with Crippen molar-refractivity contribution in [2.45, 2.75) is 0 Å². The predicted molar refractivity (Wildman–Crippen MR) is 143 cm³/mol. The Labute approximate surface area is 213 Å². The van der Waals surface area contributed by atoms with Crippen molar-refractivity contribution in [3.63, 3.8) is 0 Å². The zero-order valence-electron chi connectivity index (χ0n) is 20.5. The molecule has 0 fully saturated rings. The molecule has 0 unspecified atom stereocenters. The molecular weight excluding hydrogens is 469 g/mol. The minimum atomic E-state index is -0.324. The monoisotopic (exact) mass is 495 g/mol. The van der Waals surface area contributed by atoms with Crippen molar-refractivity contribution in [3.05, 3.63) is 90.5 Å². The molecule has 0 bridgehead atoms. The Hall–Kier alpha value is -4.63. The molecule has 4 aromatic heterocycles. The number of anilines is 1. The summed E-state index contributed by atoms with van der Waals surface area (Å²) >= 11 is 0. The van der Waals surface area contributed by atoms with Gasteiger partial charge in [-0.25, -0.2) is 9.37 Å². The number of nitrogen functional groups attached to an aromatic ring is 1. The zero-order valence-corrected chi connectivity index (χ0v) is 20.5. The lowest BCUT2D eigenvalue weighted by Gasteiger charge is -2.12. The van der Waals surface area contributed by atoms with Gasteiger partial charge in [-0.05, 0) is 50.0 Å². The van der Waals surface area contributed by atoms with E-state index in [9.17, 15) is 4.39 Å². The molecule has 5 aromatic rings. The molecule has 0 amide bonds. The van der Waals surface area contributed by atoms with Gasteiger partial charge in [0, 0.05) is 52.8 Å². The molecule has 0 spiro atoms. The van der Waals surface area contributed by atoms with Crippen molar-refractivity contribution in [1.82, 2.24) is 24.8 Å². The van der Waals surface area contributed by atoms with E-state index >= 15 is 0 Å². The van der Waals surface area contributed by atoms with E-state index in [1.807, 2.05) is 43.3 Å². The molecule has 0 aliphatic rings. The highest BCUT2D eigenvalue weighted by Crippen LogP contribution is 2.31. The molecule has 0 saturated heterocycles. The maximum Gasteiger partial charge on any atom is 0.138 e. The Morgan fingerprint density at radius 1 is 1.00 bits per heavy atom. The second-order valence-corrected chi connectivity index (χ2v) is 8.93. The van der Waals surface area contributed by atoms with Gasteiger partial charge in [0.05, 0.1) is 29.3 Å². The van der Waals surface area contributed by atoms with Crippen LogP contribution in [0, 0.1) is 11.2 Å². The minimum absolute atomic E-state index is 0.180. The van der Waals surface area contributed by atoms with E-state index < -0.39 is 0 Å². The van der Waals surface area contributed by atoms with Crippen molar-refractivity contribution < 1.29 is 9.13 Å². The maximum absolute atomic E-state index is 13.9. The van der Waals surface area contributed by atoms with E-state index in [4.69, 9.17) is 15.9 Å². The van der Waals surface area contributed by atoms with Crippen molar-refractivity contribution in [3.8, 4) is 28.0 Å². The Morgan fingerprint density at radius 2 is 1.81 bits per heavy atom. The van der Waals surface area contributed by atoms with Crippen LogP contribution in [0.4, 0.5) is 10.2 Å². The number of nitrogens with zero attached hydrogens (tertiary/aromatic N) is 4. The fraction of sp³-hybridized carbons (Fsp3) is 0.143. The molecule has 0 aliphatic heterocycles. The number of fused-ring (bicyclic) bond motifs is 1. The number of pyridine rings is 3. The fourth-order valence-corrected chi connectivity index (χ4v) is 4.05. The van der Waals surface area contributed by atoms with Gasteiger partial charge in [-0.15, -0.1) is 0 Å². The Kier molecular flexibility index (Phi) is 6.61. The third-order valence-electron chi connectivity index (χ3n) is 5.99. The number of ether oxygens (including phenoxy) is 1. The highest BCUT2D eigenvalue weighted by Gasteiger charge is 2.16. The first-order chi connectivity index (χ1) is 17.9. The smallest absolute Gasteiger partial charge is 0.138 e. The first-order valence-electron chi connectivity index (χ1n) is 11.7. The Bertz CT molecular complexity index is 1600. The van der Waals surface area contributed by atoms with Crippen LogP contribution >= 0.6 is 0 Å². The van der Waals surface area contributed by atoms with Gasteiger partial charge < -0.3 is 20.4 Å². The highest BCUT2D eigenvalue weighted by molar-refractivity contribution is 6.15. The molecule has 4 N–H and O–H groups in total. The molecule has 4 heterocycles. The van der Waals surface area contributed by atoms with Crippen molar-refractivity contribution in [2.75, 3.05) is 33.0 Å². The highest BCUT2D eigenvalue weighted by atomic mass is 19.1. The number of hydrogen-bond donors (Lipinski definition) is 3. The fourth-order valence-electron chi connectivity index (χ4n) is 4.05. The molecular formula is C28H26FN7O. The second kappa shape index (κ2) is 10.2. The van der Waals surface area contributed by atoms with Crippen molar-refractivity contribution in [2.24, 2.45) is 0 Å². The molecule has 186 valence electrons. The largest absolute Gasteiger partial charge is 0.491 e. The number of H-pyrrole nitrogens is 1. The van der Waals surface area contributed by atoms with Crippen molar-refractivity contribution >= 4 is 22.4 Å². The lowest BCUT2D eigenvalue weighted by atomic mass is 10.0. The van der Waals surface area contributed by atoms with E-state index in [1.165, 1.54) is 12.1 Å². The summed E-state index contributed by atoms with van der Waals surface area (Å²) in [7, 11) is 3.97. The second-order valence-electron chi connectivity index (χ2n) is 8.93. The molecule has 1 aromatic carbocycles. The van der Waals surface area contributed by atoms with E-state index in [1.54, 1.807) is 37.1 Å². The normalized spacial score (nSPS) is 11.2. The van der Waals surface area contributed by atoms with E-state index in [2.05, 4.69) is 19.9 Å². The summed E-state index contributed by atoms with van der Waals surface area (Å²) in [6, 6.07) is 11.9. The van der Waals surface area contributed by atoms with Crippen LogP contribution in [0.5, 0.6) is 5.75 Å². The van der Waals surface area contributed by atoms with E-state index in [0.29, 0.717) is 29.2 Å². The van der Waals surface area contributed by atoms with Gasteiger partial charge >= 0.3 is 0 Å². The first kappa shape index (κ1) is 24.1. The molecule has 0 radical (unpaired) electrons. The predicted octanol–water partition coefficient (Wildman–Crippen LogP) is 4.76. The summed E-state index contributed by atoms with van der Waals surface area (Å²) in [5.41, 5.74) is 11.2. The topological polar surface area (TPSA) is 117 Å². The number of nitrogens with two attached hydrogens (primary N) is 1. The van der Waals surface area contributed by atoms with Gasteiger partial charge in [0.25, 0.3) is 0 Å². The van der Waals surface area contributed by atoms with Crippen molar-refractivity contribution in [1.29, 1.82) is 5.41 Å². The summed E-state index contributed by atoms with van der Waals surface area (Å²) in [6.07, 6.45) is 8.42. The van der Waals surface area contributed by atoms with Gasteiger partial charge in [0.1, 0.15) is 24.0 Å². The van der Waals surface area contributed by atoms with Crippen LogP contribution in [0.15, 0.2) is 73.4 Å². The van der Waals surface area contributed by atoms with Crippen LogP contribution in [0.25, 0.3) is 33.2 Å². The summed E-state index contributed by atoms with van der Waals surface area (Å²) in [5, 5.41) is 9.74. The van der Waals surface area contributed by atoms with Crippen LogP contribution in [-0.4, -0.2) is 57.8 Å². The molecule has 0 saturated carbocycles. The summed E-state index contributed by atoms with van der Waals surface area (Å²) < 4.78 is 19.7. The maximum atomic E-state index is 13.9. The number of nitrogens with one attached hydrogen (secondary N) is 2. The van der Waals surface area contributed by atoms with Crippen LogP contribution in [0.1, 0.15) is 11.3 Å². The quantitative estimate of drug-likeness (QED) is 0.267. The summed E-state index contributed by atoms with van der Waals surface area (Å²) in [6.45, 7) is 1.33. The number of aromatic nitrogens is 4. The number of aromatic amines is 1. The van der Waals surface area contributed by atoms with Crippen LogP contribution in [-0.2, 0) is 0 Å².